The highest BCUT2D eigenvalue weighted by Crippen LogP contribution is 2.55. The third kappa shape index (κ3) is 1.71. The van der Waals surface area contributed by atoms with Gasteiger partial charge < -0.3 is 5.11 Å². The zero-order valence-corrected chi connectivity index (χ0v) is 8.93. The Morgan fingerprint density at radius 3 is 2.38 bits per heavy atom. The number of halogens is 3. The van der Waals surface area contributed by atoms with Gasteiger partial charge in [-0.25, -0.2) is 13.2 Å². The first kappa shape index (κ1) is 11.5. The normalized spacial score (nSPS) is 28.2. The third-order valence-electron chi connectivity index (χ3n) is 3.15. The molecule has 2 rings (SSSR count). The fraction of sp³-hybridized carbons (Fsp3) is 0.500. The average molecular weight is 230 g/mol. The lowest BCUT2D eigenvalue weighted by Gasteiger charge is -2.13. The van der Waals surface area contributed by atoms with Gasteiger partial charge in [0.1, 0.15) is 17.5 Å². The van der Waals surface area contributed by atoms with Crippen LogP contribution in [-0.2, 0) is 5.60 Å². The third-order valence-corrected chi connectivity index (χ3v) is 3.15. The summed E-state index contributed by atoms with van der Waals surface area (Å²) >= 11 is 0. The van der Waals surface area contributed by atoms with Crippen LogP contribution in [0.3, 0.4) is 0 Å². The monoisotopic (exact) mass is 230 g/mol. The highest BCUT2D eigenvalue weighted by Gasteiger charge is 2.56. The van der Waals surface area contributed by atoms with Gasteiger partial charge in [-0.2, -0.15) is 0 Å². The zero-order chi connectivity index (χ0) is 11.9. The molecular weight excluding hydrogens is 217 g/mol. The Hall–Kier alpha value is -1.03. The van der Waals surface area contributed by atoms with Crippen molar-refractivity contribution in [2.45, 2.75) is 31.8 Å². The summed E-state index contributed by atoms with van der Waals surface area (Å²) in [5.41, 5.74) is -1.81. The molecular formula is C12H13F3O. The van der Waals surface area contributed by atoms with Crippen molar-refractivity contribution in [2.75, 3.05) is 0 Å². The van der Waals surface area contributed by atoms with Gasteiger partial charge in [0.05, 0.1) is 11.2 Å². The van der Waals surface area contributed by atoms with E-state index < -0.39 is 23.1 Å². The summed E-state index contributed by atoms with van der Waals surface area (Å²) in [6.07, 6.45) is 1.91. The molecule has 0 radical (unpaired) electrons. The zero-order valence-electron chi connectivity index (χ0n) is 8.93. The Morgan fingerprint density at radius 1 is 1.31 bits per heavy atom. The Labute approximate surface area is 91.9 Å². The minimum Gasteiger partial charge on any atom is -0.385 e. The first-order valence-electron chi connectivity index (χ1n) is 5.36. The fourth-order valence-electron chi connectivity index (χ4n) is 2.27. The first-order chi connectivity index (χ1) is 7.49. The minimum absolute atomic E-state index is 0.119. The largest absolute Gasteiger partial charge is 0.385 e. The van der Waals surface area contributed by atoms with E-state index in [4.69, 9.17) is 0 Å². The van der Waals surface area contributed by atoms with Crippen molar-refractivity contribution in [3.05, 3.63) is 35.1 Å². The summed E-state index contributed by atoms with van der Waals surface area (Å²) < 4.78 is 39.5. The molecule has 0 amide bonds. The predicted molar refractivity (Wildman–Crippen MR) is 53.2 cm³/mol. The van der Waals surface area contributed by atoms with Crippen molar-refractivity contribution in [1.82, 2.24) is 0 Å². The van der Waals surface area contributed by atoms with Gasteiger partial charge in [-0.05, 0) is 18.8 Å². The second kappa shape index (κ2) is 3.77. The van der Waals surface area contributed by atoms with E-state index in [2.05, 4.69) is 0 Å². The van der Waals surface area contributed by atoms with Crippen LogP contribution in [0.4, 0.5) is 13.2 Å². The lowest BCUT2D eigenvalue weighted by atomic mass is 10.0. The molecule has 1 saturated carbocycles. The van der Waals surface area contributed by atoms with Crippen molar-refractivity contribution in [3.63, 3.8) is 0 Å². The molecule has 0 aliphatic heterocycles. The molecule has 0 heterocycles. The molecule has 88 valence electrons. The maximum atomic E-state index is 13.4. The van der Waals surface area contributed by atoms with E-state index in [0.29, 0.717) is 25.0 Å². The number of benzene rings is 1. The molecule has 0 aromatic heterocycles. The number of rotatable bonds is 3. The highest BCUT2D eigenvalue weighted by molar-refractivity contribution is 5.33. The quantitative estimate of drug-likeness (QED) is 0.845. The smallest absolute Gasteiger partial charge is 0.135 e. The highest BCUT2D eigenvalue weighted by atomic mass is 19.1. The van der Waals surface area contributed by atoms with Crippen molar-refractivity contribution in [1.29, 1.82) is 0 Å². The van der Waals surface area contributed by atoms with Gasteiger partial charge in [0.15, 0.2) is 0 Å². The molecule has 0 bridgehead atoms. The Kier molecular flexibility index (Phi) is 2.70. The van der Waals surface area contributed by atoms with Crippen molar-refractivity contribution in [2.24, 2.45) is 5.92 Å². The van der Waals surface area contributed by atoms with E-state index >= 15 is 0 Å². The van der Waals surface area contributed by atoms with E-state index in [1.807, 2.05) is 6.92 Å². The van der Waals surface area contributed by atoms with Gasteiger partial charge in [-0.15, -0.1) is 0 Å². The Morgan fingerprint density at radius 2 is 1.88 bits per heavy atom. The number of hydrogen-bond donors (Lipinski definition) is 1. The standard InChI is InChI=1S/C12H13F3O/c1-2-3-7-6-12(7,16)11-9(14)4-8(13)5-10(11)15/h4-5,7,16H,2-3,6H2,1H3. The topological polar surface area (TPSA) is 20.2 Å². The molecule has 2 unspecified atom stereocenters. The van der Waals surface area contributed by atoms with Crippen molar-refractivity contribution >= 4 is 0 Å². The summed E-state index contributed by atoms with van der Waals surface area (Å²) in [5, 5.41) is 10.0. The SMILES string of the molecule is CCCC1CC1(O)c1c(F)cc(F)cc1F. The molecule has 2 atom stereocenters. The maximum absolute atomic E-state index is 13.4. The van der Waals surface area contributed by atoms with E-state index in [9.17, 15) is 18.3 Å². The van der Waals surface area contributed by atoms with E-state index in [-0.39, 0.29) is 11.5 Å². The van der Waals surface area contributed by atoms with E-state index in [1.165, 1.54) is 0 Å². The molecule has 1 fully saturated rings. The van der Waals surface area contributed by atoms with Gasteiger partial charge in [0.25, 0.3) is 0 Å². The molecule has 1 aromatic rings. The van der Waals surface area contributed by atoms with E-state index in [0.717, 1.165) is 6.42 Å². The number of hydrogen-bond acceptors (Lipinski definition) is 1. The van der Waals surface area contributed by atoms with Crippen molar-refractivity contribution in [3.8, 4) is 0 Å². The molecule has 0 saturated heterocycles. The van der Waals surface area contributed by atoms with Crippen LogP contribution in [0.1, 0.15) is 31.7 Å². The molecule has 1 aromatic carbocycles. The van der Waals surface area contributed by atoms with Crippen LogP contribution in [-0.4, -0.2) is 5.11 Å². The molecule has 1 N–H and O–H groups in total. The van der Waals surface area contributed by atoms with Crippen LogP contribution in [0.5, 0.6) is 0 Å². The molecule has 0 spiro atoms. The summed E-state index contributed by atoms with van der Waals surface area (Å²) in [4.78, 5) is 0. The lowest BCUT2D eigenvalue weighted by Crippen LogP contribution is -2.14. The minimum atomic E-state index is -1.43. The maximum Gasteiger partial charge on any atom is 0.135 e. The predicted octanol–water partition coefficient (Wildman–Crippen LogP) is 3.11. The van der Waals surface area contributed by atoms with Crippen LogP contribution in [0.15, 0.2) is 12.1 Å². The van der Waals surface area contributed by atoms with Gasteiger partial charge in [-0.3, -0.25) is 0 Å². The second-order valence-electron chi connectivity index (χ2n) is 4.36. The van der Waals surface area contributed by atoms with Crippen LogP contribution < -0.4 is 0 Å². The molecule has 1 nitrogen and oxygen atoms in total. The first-order valence-corrected chi connectivity index (χ1v) is 5.36. The molecule has 16 heavy (non-hydrogen) atoms. The molecule has 1 aliphatic rings. The second-order valence-corrected chi connectivity index (χ2v) is 4.36. The van der Waals surface area contributed by atoms with Gasteiger partial charge in [0.2, 0.25) is 0 Å². The average Bonchev–Trinajstić information content (AvgIpc) is 2.75. The summed E-state index contributed by atoms with van der Waals surface area (Å²) in [5.74, 6) is -3.08. The van der Waals surface area contributed by atoms with Gasteiger partial charge in [0, 0.05) is 12.1 Å². The summed E-state index contributed by atoms with van der Waals surface area (Å²) in [7, 11) is 0. The van der Waals surface area contributed by atoms with Gasteiger partial charge >= 0.3 is 0 Å². The lowest BCUT2D eigenvalue weighted by molar-refractivity contribution is 0.119. The van der Waals surface area contributed by atoms with Gasteiger partial charge in [-0.1, -0.05) is 13.3 Å². The summed E-state index contributed by atoms with van der Waals surface area (Å²) in [6.45, 7) is 1.94. The van der Waals surface area contributed by atoms with Crippen LogP contribution in [0.2, 0.25) is 0 Å². The van der Waals surface area contributed by atoms with Crippen LogP contribution >= 0.6 is 0 Å². The fourth-order valence-corrected chi connectivity index (χ4v) is 2.27. The van der Waals surface area contributed by atoms with Crippen LogP contribution in [0.25, 0.3) is 0 Å². The van der Waals surface area contributed by atoms with Crippen LogP contribution in [0, 0.1) is 23.4 Å². The van der Waals surface area contributed by atoms with E-state index in [1.54, 1.807) is 0 Å². The molecule has 1 aliphatic carbocycles. The number of aliphatic hydroxyl groups is 1. The molecule has 4 heteroatoms. The summed E-state index contributed by atoms with van der Waals surface area (Å²) in [6, 6.07) is 1.22. The Bertz CT molecular complexity index is 396. The van der Waals surface area contributed by atoms with Crippen molar-refractivity contribution < 1.29 is 18.3 Å². The Balaban J connectivity index is 2.35.